The number of likely N-dealkylation sites (N-methyl/N-ethyl adjacent to an activating group) is 2. The Morgan fingerprint density at radius 3 is 2.50 bits per heavy atom. The van der Waals surface area contributed by atoms with Gasteiger partial charge in [-0.25, -0.2) is 0 Å². The largest absolute Gasteiger partial charge is 0.371 e. The van der Waals surface area contributed by atoms with Gasteiger partial charge in [-0.2, -0.15) is 0 Å². The van der Waals surface area contributed by atoms with Crippen molar-refractivity contribution in [3.63, 3.8) is 0 Å². The number of anilines is 1. The van der Waals surface area contributed by atoms with Gasteiger partial charge in [0.15, 0.2) is 5.96 Å². The predicted molar refractivity (Wildman–Crippen MR) is 110 cm³/mol. The summed E-state index contributed by atoms with van der Waals surface area (Å²) in [7, 11) is 6.29. The van der Waals surface area contributed by atoms with E-state index in [1.54, 1.807) is 0 Å². The van der Waals surface area contributed by atoms with Crippen molar-refractivity contribution in [3.05, 3.63) is 30.3 Å². The lowest BCUT2D eigenvalue weighted by Gasteiger charge is -2.38. The van der Waals surface area contributed by atoms with Crippen molar-refractivity contribution < 1.29 is 0 Å². The van der Waals surface area contributed by atoms with Gasteiger partial charge < -0.3 is 20.4 Å². The van der Waals surface area contributed by atoms with E-state index in [0.29, 0.717) is 12.1 Å². The fourth-order valence-corrected chi connectivity index (χ4v) is 3.85. The van der Waals surface area contributed by atoms with E-state index in [9.17, 15) is 0 Å². The van der Waals surface area contributed by atoms with Gasteiger partial charge in [0, 0.05) is 64.1 Å². The molecule has 2 fully saturated rings. The second-order valence-electron chi connectivity index (χ2n) is 7.59. The lowest BCUT2D eigenvalue weighted by molar-refractivity contribution is 0.116. The van der Waals surface area contributed by atoms with Crippen molar-refractivity contribution >= 4 is 11.6 Å². The molecule has 6 nitrogen and oxygen atoms in total. The van der Waals surface area contributed by atoms with Gasteiger partial charge in [0.2, 0.25) is 0 Å². The van der Waals surface area contributed by atoms with E-state index in [2.05, 4.69) is 74.8 Å². The number of nitrogens with one attached hydrogen (secondary N) is 2. The molecule has 1 aromatic carbocycles. The SMILES string of the molecule is CN=C(NCC1CN(C)CCN1C)NC1CCN(c2ccccc2)CC1. The molecule has 2 aliphatic heterocycles. The van der Waals surface area contributed by atoms with Gasteiger partial charge >= 0.3 is 0 Å². The number of hydrogen-bond donors (Lipinski definition) is 2. The molecule has 1 atom stereocenters. The molecule has 0 aromatic heterocycles. The van der Waals surface area contributed by atoms with Gasteiger partial charge in [-0.05, 0) is 39.1 Å². The van der Waals surface area contributed by atoms with Crippen molar-refractivity contribution in [2.75, 3.05) is 65.3 Å². The van der Waals surface area contributed by atoms with E-state index < -0.39 is 0 Å². The monoisotopic (exact) mass is 358 g/mol. The molecule has 2 N–H and O–H groups in total. The fraction of sp³-hybridized carbons (Fsp3) is 0.650. The molecule has 1 aromatic rings. The number of piperidine rings is 1. The average molecular weight is 359 g/mol. The first-order chi connectivity index (χ1) is 12.7. The van der Waals surface area contributed by atoms with Crippen molar-refractivity contribution in [1.29, 1.82) is 0 Å². The van der Waals surface area contributed by atoms with Gasteiger partial charge in [0.1, 0.15) is 0 Å². The Bertz CT molecular complexity index is 567. The molecule has 1 unspecified atom stereocenters. The van der Waals surface area contributed by atoms with Gasteiger partial charge in [-0.3, -0.25) is 9.89 Å². The number of aliphatic imine (C=N–C) groups is 1. The Balaban J connectivity index is 1.43. The number of piperazine rings is 1. The minimum absolute atomic E-state index is 0.493. The zero-order chi connectivity index (χ0) is 18.4. The fourth-order valence-electron chi connectivity index (χ4n) is 3.85. The summed E-state index contributed by atoms with van der Waals surface area (Å²) in [5.41, 5.74) is 1.33. The molecule has 2 aliphatic rings. The van der Waals surface area contributed by atoms with Crippen LogP contribution in [0.15, 0.2) is 35.3 Å². The molecule has 3 rings (SSSR count). The van der Waals surface area contributed by atoms with Crippen molar-refractivity contribution in [2.45, 2.75) is 24.9 Å². The van der Waals surface area contributed by atoms with E-state index in [0.717, 1.165) is 58.1 Å². The highest BCUT2D eigenvalue weighted by Gasteiger charge is 2.23. The summed E-state index contributed by atoms with van der Waals surface area (Å²) >= 11 is 0. The molecule has 6 heteroatoms. The third-order valence-corrected chi connectivity index (χ3v) is 5.67. The van der Waals surface area contributed by atoms with Crippen LogP contribution in [0.3, 0.4) is 0 Å². The molecular weight excluding hydrogens is 324 g/mol. The van der Waals surface area contributed by atoms with E-state index in [4.69, 9.17) is 0 Å². The van der Waals surface area contributed by atoms with Crippen molar-refractivity contribution in [1.82, 2.24) is 20.4 Å². The van der Waals surface area contributed by atoms with E-state index >= 15 is 0 Å². The third-order valence-electron chi connectivity index (χ3n) is 5.67. The number of benzene rings is 1. The maximum absolute atomic E-state index is 4.44. The van der Waals surface area contributed by atoms with Crippen LogP contribution in [0.1, 0.15) is 12.8 Å². The van der Waals surface area contributed by atoms with E-state index in [1.807, 2.05) is 7.05 Å². The van der Waals surface area contributed by atoms with Crippen LogP contribution in [-0.4, -0.2) is 88.3 Å². The Morgan fingerprint density at radius 1 is 1.08 bits per heavy atom. The van der Waals surface area contributed by atoms with Crippen LogP contribution < -0.4 is 15.5 Å². The van der Waals surface area contributed by atoms with Gasteiger partial charge in [0.25, 0.3) is 0 Å². The number of guanidine groups is 1. The Kier molecular flexibility index (Phi) is 6.74. The molecule has 0 saturated carbocycles. The highest BCUT2D eigenvalue weighted by atomic mass is 15.3. The Hall–Kier alpha value is -1.79. The van der Waals surface area contributed by atoms with E-state index in [-0.39, 0.29) is 0 Å². The zero-order valence-electron chi connectivity index (χ0n) is 16.5. The van der Waals surface area contributed by atoms with Crippen LogP contribution >= 0.6 is 0 Å². The van der Waals surface area contributed by atoms with Crippen LogP contribution in [0.2, 0.25) is 0 Å². The standard InChI is InChI=1S/C20H34N6/c1-21-20(22-15-19-16-24(2)13-14-25(19)3)23-17-9-11-26(12-10-17)18-7-5-4-6-8-18/h4-8,17,19H,9-16H2,1-3H3,(H2,21,22,23). The summed E-state index contributed by atoms with van der Waals surface area (Å²) < 4.78 is 0. The quantitative estimate of drug-likeness (QED) is 0.623. The lowest BCUT2D eigenvalue weighted by Crippen LogP contribution is -2.56. The summed E-state index contributed by atoms with van der Waals surface area (Å²) in [6.45, 7) is 6.51. The summed E-state index contributed by atoms with van der Waals surface area (Å²) in [6.07, 6.45) is 2.28. The van der Waals surface area contributed by atoms with Crippen LogP contribution in [0.4, 0.5) is 5.69 Å². The van der Waals surface area contributed by atoms with Gasteiger partial charge in [0.05, 0.1) is 0 Å². The second kappa shape index (κ2) is 9.24. The number of nitrogens with zero attached hydrogens (tertiary/aromatic N) is 4. The third kappa shape index (κ3) is 5.11. The zero-order valence-corrected chi connectivity index (χ0v) is 16.5. The molecule has 2 saturated heterocycles. The summed E-state index contributed by atoms with van der Waals surface area (Å²) in [5, 5.41) is 7.16. The van der Waals surface area contributed by atoms with Crippen LogP contribution in [0.25, 0.3) is 0 Å². The minimum atomic E-state index is 0.493. The maximum Gasteiger partial charge on any atom is 0.191 e. The first kappa shape index (κ1) is 19.0. The second-order valence-corrected chi connectivity index (χ2v) is 7.59. The molecule has 0 amide bonds. The highest BCUT2D eigenvalue weighted by Crippen LogP contribution is 2.19. The highest BCUT2D eigenvalue weighted by molar-refractivity contribution is 5.80. The maximum atomic E-state index is 4.44. The van der Waals surface area contributed by atoms with Gasteiger partial charge in [-0.1, -0.05) is 18.2 Å². The average Bonchev–Trinajstić information content (AvgIpc) is 2.68. The first-order valence-corrected chi connectivity index (χ1v) is 9.81. The molecule has 0 spiro atoms. The van der Waals surface area contributed by atoms with Crippen molar-refractivity contribution in [3.8, 4) is 0 Å². The summed E-state index contributed by atoms with van der Waals surface area (Å²) in [6, 6.07) is 11.7. The van der Waals surface area contributed by atoms with Gasteiger partial charge in [-0.15, -0.1) is 0 Å². The predicted octanol–water partition coefficient (Wildman–Crippen LogP) is 1.07. The molecule has 0 bridgehead atoms. The number of rotatable bonds is 4. The number of hydrogen-bond acceptors (Lipinski definition) is 4. The smallest absolute Gasteiger partial charge is 0.191 e. The topological polar surface area (TPSA) is 46.1 Å². The molecule has 144 valence electrons. The lowest BCUT2D eigenvalue weighted by atomic mass is 10.0. The van der Waals surface area contributed by atoms with Crippen LogP contribution in [-0.2, 0) is 0 Å². The normalized spacial score (nSPS) is 23.9. The summed E-state index contributed by atoms with van der Waals surface area (Å²) in [5.74, 6) is 0.935. The Labute approximate surface area is 158 Å². The van der Waals surface area contributed by atoms with Crippen LogP contribution in [0.5, 0.6) is 0 Å². The Morgan fingerprint density at radius 2 is 1.81 bits per heavy atom. The van der Waals surface area contributed by atoms with Crippen molar-refractivity contribution in [2.24, 2.45) is 4.99 Å². The molecule has 0 aliphatic carbocycles. The molecule has 2 heterocycles. The summed E-state index contributed by atoms with van der Waals surface area (Å²) in [4.78, 5) is 11.8. The number of para-hydroxylation sites is 1. The first-order valence-electron chi connectivity index (χ1n) is 9.81. The molecule has 0 radical (unpaired) electrons. The van der Waals surface area contributed by atoms with E-state index in [1.165, 1.54) is 5.69 Å². The molecule has 26 heavy (non-hydrogen) atoms. The molecular formula is C20H34N6. The minimum Gasteiger partial charge on any atom is -0.371 e. The van der Waals surface area contributed by atoms with Crippen LogP contribution in [0, 0.1) is 0 Å².